The van der Waals surface area contributed by atoms with E-state index in [1.807, 2.05) is 10.6 Å². The molecule has 2 heterocycles. The fourth-order valence-corrected chi connectivity index (χ4v) is 2.81. The number of hydrogen-bond acceptors (Lipinski definition) is 4. The highest BCUT2D eigenvalue weighted by Crippen LogP contribution is 2.35. The minimum atomic E-state index is 0.454. The van der Waals surface area contributed by atoms with Crippen LogP contribution in [0.25, 0.3) is 5.65 Å². The Bertz CT molecular complexity index is 533. The Morgan fingerprint density at radius 2 is 2.24 bits per heavy atom. The van der Waals surface area contributed by atoms with Gasteiger partial charge in [-0.05, 0) is 18.8 Å². The predicted octanol–water partition coefficient (Wildman–Crippen LogP) is 2.00. The fourth-order valence-electron chi connectivity index (χ4n) is 2.81. The van der Waals surface area contributed by atoms with Crippen molar-refractivity contribution >= 4 is 11.5 Å². The second-order valence-electron chi connectivity index (χ2n) is 5.03. The monoisotopic (exact) mass is 231 g/mol. The van der Waals surface area contributed by atoms with Crippen LogP contribution in [0.1, 0.15) is 44.3 Å². The molecule has 2 atom stereocenters. The average molecular weight is 231 g/mol. The maximum Gasteiger partial charge on any atom is 0.203 e. The normalized spacial score (nSPS) is 25.2. The molecule has 1 fully saturated rings. The molecule has 0 aromatic carbocycles. The van der Waals surface area contributed by atoms with E-state index < -0.39 is 0 Å². The van der Waals surface area contributed by atoms with Gasteiger partial charge in [0.05, 0.1) is 0 Å². The van der Waals surface area contributed by atoms with Crippen molar-refractivity contribution in [2.24, 2.45) is 5.92 Å². The zero-order valence-electron chi connectivity index (χ0n) is 10.0. The van der Waals surface area contributed by atoms with E-state index in [-0.39, 0.29) is 0 Å². The van der Waals surface area contributed by atoms with Crippen molar-refractivity contribution in [3.05, 3.63) is 18.2 Å². The van der Waals surface area contributed by atoms with Gasteiger partial charge in [-0.15, -0.1) is 10.2 Å². The second kappa shape index (κ2) is 3.98. The van der Waals surface area contributed by atoms with E-state index in [0.29, 0.717) is 17.4 Å². The van der Waals surface area contributed by atoms with Crippen LogP contribution in [0.5, 0.6) is 0 Å². The SMILES string of the molecule is C[C@H]1CCC[C@H](c2nnc3c(N)nccn23)C1. The highest BCUT2D eigenvalue weighted by molar-refractivity contribution is 5.58. The van der Waals surface area contributed by atoms with Crippen molar-refractivity contribution in [3.63, 3.8) is 0 Å². The molecule has 3 rings (SSSR count). The Hall–Kier alpha value is -1.65. The summed E-state index contributed by atoms with van der Waals surface area (Å²) >= 11 is 0. The molecule has 5 nitrogen and oxygen atoms in total. The number of anilines is 1. The van der Waals surface area contributed by atoms with E-state index in [2.05, 4.69) is 22.1 Å². The Labute approximate surface area is 100 Å². The smallest absolute Gasteiger partial charge is 0.203 e. The highest BCUT2D eigenvalue weighted by Gasteiger charge is 2.24. The van der Waals surface area contributed by atoms with Gasteiger partial charge >= 0.3 is 0 Å². The highest BCUT2D eigenvalue weighted by atomic mass is 15.3. The largest absolute Gasteiger partial charge is 0.381 e. The van der Waals surface area contributed by atoms with Crippen LogP contribution < -0.4 is 5.73 Å². The lowest BCUT2D eigenvalue weighted by Crippen LogP contribution is -2.14. The third-order valence-electron chi connectivity index (χ3n) is 3.68. The third-order valence-corrected chi connectivity index (χ3v) is 3.68. The van der Waals surface area contributed by atoms with Crippen molar-refractivity contribution in [3.8, 4) is 0 Å². The van der Waals surface area contributed by atoms with Crippen molar-refractivity contribution in [2.45, 2.75) is 38.5 Å². The van der Waals surface area contributed by atoms with Crippen LogP contribution >= 0.6 is 0 Å². The molecule has 2 aromatic heterocycles. The zero-order valence-corrected chi connectivity index (χ0v) is 10.0. The van der Waals surface area contributed by atoms with Gasteiger partial charge in [-0.1, -0.05) is 19.8 Å². The van der Waals surface area contributed by atoms with Gasteiger partial charge in [0.2, 0.25) is 5.65 Å². The molecule has 90 valence electrons. The Morgan fingerprint density at radius 1 is 1.35 bits per heavy atom. The van der Waals surface area contributed by atoms with E-state index in [9.17, 15) is 0 Å². The molecule has 0 unspecified atom stereocenters. The van der Waals surface area contributed by atoms with Crippen molar-refractivity contribution in [1.82, 2.24) is 19.6 Å². The summed E-state index contributed by atoms with van der Waals surface area (Å²) in [4.78, 5) is 4.04. The number of hydrogen-bond donors (Lipinski definition) is 1. The lowest BCUT2D eigenvalue weighted by molar-refractivity contribution is 0.334. The van der Waals surface area contributed by atoms with Gasteiger partial charge in [-0.2, -0.15) is 0 Å². The molecule has 0 spiro atoms. The molecule has 0 saturated heterocycles. The first-order chi connectivity index (χ1) is 8.25. The lowest BCUT2D eigenvalue weighted by Gasteiger charge is -2.25. The van der Waals surface area contributed by atoms with Gasteiger partial charge in [0.1, 0.15) is 5.82 Å². The quantitative estimate of drug-likeness (QED) is 0.815. The maximum absolute atomic E-state index is 5.79. The molecule has 1 aliphatic carbocycles. The van der Waals surface area contributed by atoms with Crippen LogP contribution in [0.15, 0.2) is 12.4 Å². The van der Waals surface area contributed by atoms with Crippen LogP contribution in [-0.4, -0.2) is 19.6 Å². The summed E-state index contributed by atoms with van der Waals surface area (Å²) in [6.07, 6.45) is 8.62. The van der Waals surface area contributed by atoms with Crippen LogP contribution in [0.2, 0.25) is 0 Å². The van der Waals surface area contributed by atoms with Gasteiger partial charge in [-0.3, -0.25) is 4.40 Å². The molecule has 1 aliphatic rings. The molecule has 5 heteroatoms. The summed E-state index contributed by atoms with van der Waals surface area (Å²) in [5.74, 6) is 2.78. The van der Waals surface area contributed by atoms with Crippen LogP contribution in [0.4, 0.5) is 5.82 Å². The van der Waals surface area contributed by atoms with Crippen molar-refractivity contribution in [2.75, 3.05) is 5.73 Å². The first-order valence-corrected chi connectivity index (χ1v) is 6.21. The zero-order chi connectivity index (χ0) is 11.8. The molecule has 0 aliphatic heterocycles. The maximum atomic E-state index is 5.79. The summed E-state index contributed by atoms with van der Waals surface area (Å²) in [7, 11) is 0. The number of nitrogen functional groups attached to an aromatic ring is 1. The number of nitrogens with two attached hydrogens (primary N) is 1. The van der Waals surface area contributed by atoms with E-state index in [0.717, 1.165) is 11.7 Å². The lowest BCUT2D eigenvalue weighted by atomic mass is 9.82. The molecular formula is C12H17N5. The molecule has 2 aromatic rings. The Morgan fingerprint density at radius 3 is 3.06 bits per heavy atom. The van der Waals surface area contributed by atoms with Gasteiger partial charge < -0.3 is 5.73 Å². The first kappa shape index (κ1) is 10.5. The van der Waals surface area contributed by atoms with Gasteiger partial charge in [0, 0.05) is 18.3 Å². The molecule has 1 saturated carbocycles. The summed E-state index contributed by atoms with van der Waals surface area (Å²) < 4.78 is 1.99. The van der Waals surface area contributed by atoms with Crippen LogP contribution in [-0.2, 0) is 0 Å². The van der Waals surface area contributed by atoms with E-state index in [1.54, 1.807) is 6.20 Å². The molecule has 2 N–H and O–H groups in total. The average Bonchev–Trinajstić information content (AvgIpc) is 2.74. The Kier molecular flexibility index (Phi) is 2.46. The van der Waals surface area contributed by atoms with Crippen molar-refractivity contribution in [1.29, 1.82) is 0 Å². The van der Waals surface area contributed by atoms with Gasteiger partial charge in [-0.25, -0.2) is 4.98 Å². The van der Waals surface area contributed by atoms with E-state index in [1.165, 1.54) is 25.7 Å². The standard InChI is InChI=1S/C12H17N5/c1-8-3-2-4-9(7-8)11-15-16-12-10(13)14-5-6-17(11)12/h5-6,8-9H,2-4,7H2,1H3,(H2,13,14)/t8-,9-/m0/s1. The predicted molar refractivity (Wildman–Crippen MR) is 65.6 cm³/mol. The molecule has 17 heavy (non-hydrogen) atoms. The fraction of sp³-hybridized carbons (Fsp3) is 0.583. The van der Waals surface area contributed by atoms with Crippen molar-refractivity contribution < 1.29 is 0 Å². The van der Waals surface area contributed by atoms with Crippen LogP contribution in [0.3, 0.4) is 0 Å². The summed E-state index contributed by atoms with van der Waals surface area (Å²) in [5, 5.41) is 8.45. The molecular weight excluding hydrogens is 214 g/mol. The number of nitrogens with zero attached hydrogens (tertiary/aromatic N) is 4. The molecule has 0 amide bonds. The molecule has 0 bridgehead atoms. The number of rotatable bonds is 1. The topological polar surface area (TPSA) is 69.1 Å². The van der Waals surface area contributed by atoms with Crippen LogP contribution in [0, 0.1) is 5.92 Å². The summed E-state index contributed by atoms with van der Waals surface area (Å²) in [6.45, 7) is 2.31. The van der Waals surface area contributed by atoms with Gasteiger partial charge in [0.25, 0.3) is 0 Å². The second-order valence-corrected chi connectivity index (χ2v) is 5.03. The first-order valence-electron chi connectivity index (χ1n) is 6.21. The van der Waals surface area contributed by atoms with E-state index >= 15 is 0 Å². The summed E-state index contributed by atoms with van der Waals surface area (Å²) in [5.41, 5.74) is 6.47. The number of fused-ring (bicyclic) bond motifs is 1. The minimum Gasteiger partial charge on any atom is -0.381 e. The van der Waals surface area contributed by atoms with Gasteiger partial charge in [0.15, 0.2) is 5.82 Å². The number of aromatic nitrogens is 4. The minimum absolute atomic E-state index is 0.454. The van der Waals surface area contributed by atoms with E-state index in [4.69, 9.17) is 5.73 Å². The Balaban J connectivity index is 2.02. The summed E-state index contributed by atoms with van der Waals surface area (Å²) in [6, 6.07) is 0. The molecule has 0 radical (unpaired) electrons. The third kappa shape index (κ3) is 1.75.